The Bertz CT molecular complexity index is 176. The SMILES string of the molecule is C/C(=C/CCC(C)CC=NO)CO. The lowest BCUT2D eigenvalue weighted by Crippen LogP contribution is -1.95. The van der Waals surface area contributed by atoms with Crippen LogP contribution in [0.5, 0.6) is 0 Å². The van der Waals surface area contributed by atoms with E-state index in [4.69, 9.17) is 10.3 Å². The molecule has 1 atom stereocenters. The zero-order valence-corrected chi connectivity index (χ0v) is 8.40. The van der Waals surface area contributed by atoms with E-state index >= 15 is 0 Å². The lowest BCUT2D eigenvalue weighted by atomic mass is 10.0. The minimum Gasteiger partial charge on any atom is -0.411 e. The van der Waals surface area contributed by atoms with Gasteiger partial charge in [-0.05, 0) is 32.1 Å². The van der Waals surface area contributed by atoms with E-state index in [1.807, 2.05) is 13.0 Å². The highest BCUT2D eigenvalue weighted by atomic mass is 16.4. The molecule has 0 bridgehead atoms. The molecule has 0 radical (unpaired) electrons. The van der Waals surface area contributed by atoms with Gasteiger partial charge >= 0.3 is 0 Å². The summed E-state index contributed by atoms with van der Waals surface area (Å²) in [5, 5.41) is 19.9. The summed E-state index contributed by atoms with van der Waals surface area (Å²) in [6.45, 7) is 4.18. The Hall–Kier alpha value is -0.830. The van der Waals surface area contributed by atoms with E-state index in [0.717, 1.165) is 24.8 Å². The first-order valence-corrected chi connectivity index (χ1v) is 4.63. The fourth-order valence-corrected chi connectivity index (χ4v) is 1.02. The lowest BCUT2D eigenvalue weighted by molar-refractivity contribution is 0.319. The van der Waals surface area contributed by atoms with Crippen LogP contribution in [-0.4, -0.2) is 23.1 Å². The number of nitrogens with zero attached hydrogens (tertiary/aromatic N) is 1. The molecule has 1 unspecified atom stereocenters. The Labute approximate surface area is 79.8 Å². The first-order chi connectivity index (χ1) is 6.20. The fourth-order valence-electron chi connectivity index (χ4n) is 1.02. The van der Waals surface area contributed by atoms with Crippen molar-refractivity contribution in [2.24, 2.45) is 11.1 Å². The third-order valence-electron chi connectivity index (χ3n) is 1.99. The molecule has 3 heteroatoms. The summed E-state index contributed by atoms with van der Waals surface area (Å²) in [7, 11) is 0. The van der Waals surface area contributed by atoms with Crippen molar-refractivity contribution < 1.29 is 10.3 Å². The van der Waals surface area contributed by atoms with Gasteiger partial charge in [-0.25, -0.2) is 0 Å². The quantitative estimate of drug-likeness (QED) is 0.288. The van der Waals surface area contributed by atoms with Crippen molar-refractivity contribution in [3.05, 3.63) is 11.6 Å². The summed E-state index contributed by atoms with van der Waals surface area (Å²) in [5.41, 5.74) is 1.02. The van der Waals surface area contributed by atoms with Crippen LogP contribution < -0.4 is 0 Å². The van der Waals surface area contributed by atoms with Gasteiger partial charge in [-0.3, -0.25) is 0 Å². The molecule has 0 aromatic heterocycles. The van der Waals surface area contributed by atoms with Crippen LogP contribution in [0.25, 0.3) is 0 Å². The topological polar surface area (TPSA) is 52.8 Å². The van der Waals surface area contributed by atoms with E-state index < -0.39 is 0 Å². The molecule has 0 amide bonds. The van der Waals surface area contributed by atoms with Crippen LogP contribution in [0.3, 0.4) is 0 Å². The first-order valence-electron chi connectivity index (χ1n) is 4.63. The Morgan fingerprint density at radius 1 is 1.54 bits per heavy atom. The molecule has 2 N–H and O–H groups in total. The molecule has 0 aliphatic carbocycles. The van der Waals surface area contributed by atoms with Crippen molar-refractivity contribution in [2.75, 3.05) is 6.61 Å². The maximum absolute atomic E-state index is 8.72. The highest BCUT2D eigenvalue weighted by molar-refractivity contribution is 5.56. The molecule has 0 saturated heterocycles. The second-order valence-electron chi connectivity index (χ2n) is 3.42. The van der Waals surface area contributed by atoms with Crippen LogP contribution in [0, 0.1) is 5.92 Å². The van der Waals surface area contributed by atoms with E-state index in [9.17, 15) is 0 Å². The molecular weight excluding hydrogens is 166 g/mol. The summed E-state index contributed by atoms with van der Waals surface area (Å²) < 4.78 is 0. The molecule has 0 aromatic rings. The van der Waals surface area contributed by atoms with Crippen LogP contribution >= 0.6 is 0 Å². The maximum atomic E-state index is 8.72. The first kappa shape index (κ1) is 12.2. The van der Waals surface area contributed by atoms with Crippen molar-refractivity contribution in [2.45, 2.75) is 33.1 Å². The van der Waals surface area contributed by atoms with Gasteiger partial charge in [0.15, 0.2) is 0 Å². The monoisotopic (exact) mass is 185 g/mol. The molecule has 0 aromatic carbocycles. The zero-order valence-electron chi connectivity index (χ0n) is 8.40. The van der Waals surface area contributed by atoms with E-state index in [0.29, 0.717) is 5.92 Å². The summed E-state index contributed by atoms with van der Waals surface area (Å²) >= 11 is 0. The van der Waals surface area contributed by atoms with Gasteiger partial charge in [0.05, 0.1) is 6.61 Å². The number of hydrogen-bond acceptors (Lipinski definition) is 3. The number of hydrogen-bond donors (Lipinski definition) is 2. The zero-order chi connectivity index (χ0) is 10.1. The number of allylic oxidation sites excluding steroid dienone is 1. The molecule has 0 aliphatic heterocycles. The van der Waals surface area contributed by atoms with E-state index in [1.165, 1.54) is 6.21 Å². The Balaban J connectivity index is 3.52. The number of rotatable bonds is 6. The second kappa shape index (κ2) is 7.80. The Morgan fingerprint density at radius 2 is 2.23 bits per heavy atom. The van der Waals surface area contributed by atoms with Gasteiger partial charge in [-0.2, -0.15) is 0 Å². The minimum atomic E-state index is 0.145. The molecule has 0 rings (SSSR count). The van der Waals surface area contributed by atoms with Gasteiger partial charge in [-0.15, -0.1) is 5.16 Å². The van der Waals surface area contributed by atoms with Crippen LogP contribution in [0.2, 0.25) is 0 Å². The van der Waals surface area contributed by atoms with Gasteiger partial charge in [0.2, 0.25) is 0 Å². The molecule has 0 heterocycles. The van der Waals surface area contributed by atoms with Gasteiger partial charge in [0.1, 0.15) is 0 Å². The van der Waals surface area contributed by atoms with Crippen LogP contribution in [0.1, 0.15) is 33.1 Å². The van der Waals surface area contributed by atoms with Gasteiger partial charge in [0.25, 0.3) is 0 Å². The number of oxime groups is 1. The van der Waals surface area contributed by atoms with E-state index in [1.54, 1.807) is 0 Å². The van der Waals surface area contributed by atoms with Crippen molar-refractivity contribution >= 4 is 6.21 Å². The predicted octanol–water partition coefficient (Wildman–Crippen LogP) is 2.19. The number of aliphatic hydroxyl groups is 1. The molecule has 3 nitrogen and oxygen atoms in total. The molecule has 0 aliphatic rings. The smallest absolute Gasteiger partial charge is 0.0639 e. The largest absolute Gasteiger partial charge is 0.411 e. The average Bonchev–Trinajstić information content (AvgIpc) is 2.14. The van der Waals surface area contributed by atoms with Gasteiger partial charge in [0, 0.05) is 6.21 Å². The molecule has 0 saturated carbocycles. The molecule has 0 fully saturated rings. The normalized spacial score (nSPS) is 15.2. The van der Waals surface area contributed by atoms with Crippen molar-refractivity contribution in [1.29, 1.82) is 0 Å². The summed E-state index contributed by atoms with van der Waals surface area (Å²) in [6, 6.07) is 0. The third-order valence-corrected chi connectivity index (χ3v) is 1.99. The summed E-state index contributed by atoms with van der Waals surface area (Å²) in [6.07, 6.45) is 6.42. The highest BCUT2D eigenvalue weighted by Crippen LogP contribution is 2.10. The van der Waals surface area contributed by atoms with E-state index in [2.05, 4.69) is 12.1 Å². The third kappa shape index (κ3) is 7.53. The Kier molecular flexibility index (Phi) is 7.30. The molecule has 76 valence electrons. The standard InChI is InChI=1S/C10H19NO2/c1-9(6-7-11-13)4-3-5-10(2)8-12/h5,7,9,12-13H,3-4,6,8H2,1-2H3/b10-5-,11-7?. The number of aliphatic hydroxyl groups excluding tert-OH is 1. The van der Waals surface area contributed by atoms with Crippen LogP contribution in [0.15, 0.2) is 16.8 Å². The Morgan fingerprint density at radius 3 is 2.77 bits per heavy atom. The van der Waals surface area contributed by atoms with Crippen molar-refractivity contribution in [3.63, 3.8) is 0 Å². The average molecular weight is 185 g/mol. The fraction of sp³-hybridized carbons (Fsp3) is 0.700. The summed E-state index contributed by atoms with van der Waals surface area (Å²) in [4.78, 5) is 0. The molecule has 0 spiro atoms. The van der Waals surface area contributed by atoms with Crippen molar-refractivity contribution in [3.8, 4) is 0 Å². The summed E-state index contributed by atoms with van der Waals surface area (Å²) in [5.74, 6) is 0.527. The van der Waals surface area contributed by atoms with Gasteiger partial charge < -0.3 is 10.3 Å². The predicted molar refractivity (Wildman–Crippen MR) is 54.1 cm³/mol. The minimum absolute atomic E-state index is 0.145. The molecule has 13 heavy (non-hydrogen) atoms. The molecular formula is C10H19NO2. The highest BCUT2D eigenvalue weighted by Gasteiger charge is 1.98. The lowest BCUT2D eigenvalue weighted by Gasteiger charge is -2.05. The second-order valence-corrected chi connectivity index (χ2v) is 3.42. The van der Waals surface area contributed by atoms with Crippen LogP contribution in [-0.2, 0) is 0 Å². The van der Waals surface area contributed by atoms with Crippen molar-refractivity contribution in [1.82, 2.24) is 0 Å². The van der Waals surface area contributed by atoms with E-state index in [-0.39, 0.29) is 6.61 Å². The van der Waals surface area contributed by atoms with Crippen LogP contribution in [0.4, 0.5) is 0 Å². The maximum Gasteiger partial charge on any atom is 0.0639 e. The van der Waals surface area contributed by atoms with Gasteiger partial charge in [-0.1, -0.05) is 18.6 Å².